The van der Waals surface area contributed by atoms with Gasteiger partial charge in [-0.25, -0.2) is 0 Å². The zero-order valence-electron chi connectivity index (χ0n) is 18.7. The van der Waals surface area contributed by atoms with E-state index in [9.17, 15) is 0 Å². The number of hydrogen-bond donors (Lipinski definition) is 0. The fraction of sp³-hybridized carbons (Fsp3) is 0.385. The Morgan fingerprint density at radius 2 is 1.87 bits per heavy atom. The molecule has 0 N–H and O–H groups in total. The van der Waals surface area contributed by atoms with E-state index in [1.54, 1.807) is 0 Å². The Morgan fingerprint density at radius 1 is 1.06 bits per heavy atom. The van der Waals surface area contributed by atoms with Gasteiger partial charge in [0, 0.05) is 35.1 Å². The quantitative estimate of drug-likeness (QED) is 0.495. The maximum absolute atomic E-state index is 5.19. The predicted octanol–water partition coefficient (Wildman–Crippen LogP) is 6.03. The second-order valence-corrected chi connectivity index (χ2v) is 9.51. The predicted molar refractivity (Wildman–Crippen MR) is 130 cm³/mol. The summed E-state index contributed by atoms with van der Waals surface area (Å²) in [7, 11) is 0. The molecule has 0 aliphatic carbocycles. The van der Waals surface area contributed by atoms with Gasteiger partial charge in [0.15, 0.2) is 5.17 Å². The van der Waals surface area contributed by atoms with Gasteiger partial charge in [-0.15, -0.1) is 0 Å². The van der Waals surface area contributed by atoms with Gasteiger partial charge in [0.05, 0.1) is 11.7 Å². The molecule has 5 heteroatoms. The first-order chi connectivity index (χ1) is 15.1. The van der Waals surface area contributed by atoms with Gasteiger partial charge in [0.2, 0.25) is 0 Å². The van der Waals surface area contributed by atoms with Gasteiger partial charge >= 0.3 is 0 Å². The molecule has 5 rings (SSSR count). The Bertz CT molecular complexity index is 1100. The summed E-state index contributed by atoms with van der Waals surface area (Å²) in [5.41, 5.74) is 7.60. The lowest BCUT2D eigenvalue weighted by atomic mass is 9.95. The van der Waals surface area contributed by atoms with Gasteiger partial charge in [-0.3, -0.25) is 9.98 Å². The maximum Gasteiger partial charge on any atom is 0.160 e. The number of nitrogens with zero attached hydrogens (tertiary/aromatic N) is 4. The van der Waals surface area contributed by atoms with Gasteiger partial charge in [0.1, 0.15) is 6.04 Å². The van der Waals surface area contributed by atoms with E-state index in [0.29, 0.717) is 6.04 Å². The summed E-state index contributed by atoms with van der Waals surface area (Å²) in [5, 5.41) is 1.18. The van der Waals surface area contributed by atoms with E-state index >= 15 is 0 Å². The van der Waals surface area contributed by atoms with Gasteiger partial charge in [-0.05, 0) is 68.1 Å². The topological polar surface area (TPSA) is 33.4 Å². The number of aromatic nitrogens is 2. The second-order valence-electron chi connectivity index (χ2n) is 8.52. The van der Waals surface area contributed by atoms with Crippen LogP contribution in [0, 0.1) is 13.8 Å². The first-order valence-corrected chi connectivity index (χ1v) is 12.3. The number of benzene rings is 1. The highest BCUT2D eigenvalue weighted by Gasteiger charge is 2.46. The minimum absolute atomic E-state index is 0.0365. The van der Waals surface area contributed by atoms with Crippen molar-refractivity contribution < 1.29 is 0 Å². The molecule has 1 aromatic carbocycles. The van der Waals surface area contributed by atoms with Crippen LogP contribution in [0.2, 0.25) is 0 Å². The average molecular weight is 431 g/mol. The van der Waals surface area contributed by atoms with Crippen molar-refractivity contribution in [3.8, 4) is 5.69 Å². The minimum Gasteiger partial charge on any atom is -0.338 e. The number of amidine groups is 1. The first kappa shape index (κ1) is 20.4. The SMILES string of the molecule is CCc1ccc(-n2c(C)cc([C@H]3[C@H](c4ccccn4)N=C4SC[C@@H](CC)N43)c2C)cc1. The van der Waals surface area contributed by atoms with Crippen molar-refractivity contribution in [3.63, 3.8) is 0 Å². The lowest BCUT2D eigenvalue weighted by Crippen LogP contribution is -2.35. The van der Waals surface area contributed by atoms with Crippen LogP contribution in [0.5, 0.6) is 0 Å². The zero-order chi connectivity index (χ0) is 21.5. The fourth-order valence-electron chi connectivity index (χ4n) is 5.05. The van der Waals surface area contributed by atoms with Crippen molar-refractivity contribution in [1.82, 2.24) is 14.5 Å². The van der Waals surface area contributed by atoms with Crippen LogP contribution in [0.1, 0.15) is 60.6 Å². The standard InChI is InChI=1S/C26H30N4S/c1-5-19-10-12-21(13-11-19)29-17(3)15-22(18(29)4)25-24(23-9-7-8-14-27-23)28-26-30(25)20(6-2)16-31-26/h7-15,20,24-25H,5-6,16H2,1-4H3/t20-,24+,25+/m1/s1. The van der Waals surface area contributed by atoms with Crippen molar-refractivity contribution in [2.24, 2.45) is 4.99 Å². The van der Waals surface area contributed by atoms with Crippen molar-refractivity contribution >= 4 is 16.9 Å². The van der Waals surface area contributed by atoms with Crippen molar-refractivity contribution in [1.29, 1.82) is 0 Å². The molecule has 0 amide bonds. The zero-order valence-corrected chi connectivity index (χ0v) is 19.6. The molecule has 0 saturated carbocycles. The van der Waals surface area contributed by atoms with Gasteiger partial charge in [-0.1, -0.05) is 43.8 Å². The van der Waals surface area contributed by atoms with Crippen molar-refractivity contribution in [3.05, 3.63) is 82.9 Å². The molecule has 1 saturated heterocycles. The van der Waals surface area contributed by atoms with Crippen molar-refractivity contribution in [2.75, 3.05) is 5.75 Å². The molecule has 1 fully saturated rings. The van der Waals surface area contributed by atoms with Crippen LogP contribution in [0.4, 0.5) is 0 Å². The summed E-state index contributed by atoms with van der Waals surface area (Å²) in [6.45, 7) is 8.96. The molecule has 4 nitrogen and oxygen atoms in total. The molecule has 0 unspecified atom stereocenters. The summed E-state index contributed by atoms with van der Waals surface area (Å²) >= 11 is 1.90. The molecule has 3 atom stereocenters. The Labute approximate surface area is 189 Å². The summed E-state index contributed by atoms with van der Waals surface area (Å²) in [6, 6.07) is 18.3. The molecule has 0 radical (unpaired) electrons. The van der Waals surface area contributed by atoms with Crippen LogP contribution in [0.25, 0.3) is 5.69 Å². The molecule has 3 aromatic rings. The molecule has 2 aromatic heterocycles. The highest BCUT2D eigenvalue weighted by Crippen LogP contribution is 2.49. The number of thioether (sulfide) groups is 1. The van der Waals surface area contributed by atoms with Crippen LogP contribution >= 0.6 is 11.8 Å². The molecule has 2 aliphatic heterocycles. The lowest BCUT2D eigenvalue weighted by molar-refractivity contribution is 0.254. The van der Waals surface area contributed by atoms with Crippen molar-refractivity contribution in [2.45, 2.75) is 58.7 Å². The molecule has 160 valence electrons. The Morgan fingerprint density at radius 3 is 2.55 bits per heavy atom. The highest BCUT2D eigenvalue weighted by molar-refractivity contribution is 8.14. The first-order valence-electron chi connectivity index (χ1n) is 11.3. The van der Waals surface area contributed by atoms with Gasteiger partial charge in [0.25, 0.3) is 0 Å². The molecule has 4 heterocycles. The molecular weight excluding hydrogens is 400 g/mol. The van der Waals surface area contributed by atoms with Crippen LogP contribution in [0.3, 0.4) is 0 Å². The van der Waals surface area contributed by atoms with Crippen LogP contribution < -0.4 is 0 Å². The van der Waals surface area contributed by atoms with Crippen LogP contribution in [-0.4, -0.2) is 31.4 Å². The summed E-state index contributed by atoms with van der Waals surface area (Å²) < 4.78 is 2.40. The van der Waals surface area contributed by atoms with E-state index in [-0.39, 0.29) is 12.1 Å². The normalized spacial score (nSPS) is 22.6. The lowest BCUT2D eigenvalue weighted by Gasteiger charge is -2.32. The minimum atomic E-state index is 0.0365. The number of rotatable bonds is 5. The molecular formula is C26H30N4S. The number of aryl methyl sites for hydroxylation is 2. The Hall–Kier alpha value is -2.53. The third-order valence-corrected chi connectivity index (χ3v) is 7.85. The maximum atomic E-state index is 5.19. The smallest absolute Gasteiger partial charge is 0.160 e. The average Bonchev–Trinajstić information content (AvgIpc) is 3.46. The van der Waals surface area contributed by atoms with Gasteiger partial charge < -0.3 is 9.47 Å². The molecule has 0 bridgehead atoms. The van der Waals surface area contributed by atoms with Crippen LogP contribution in [-0.2, 0) is 6.42 Å². The second kappa shape index (κ2) is 8.19. The third-order valence-electron chi connectivity index (χ3n) is 6.72. The van der Waals surface area contributed by atoms with E-state index in [2.05, 4.69) is 79.6 Å². The molecule has 0 spiro atoms. The number of fused-ring (bicyclic) bond motifs is 1. The number of pyridine rings is 1. The highest BCUT2D eigenvalue weighted by atomic mass is 32.2. The molecule has 2 aliphatic rings. The van der Waals surface area contributed by atoms with Crippen LogP contribution in [0.15, 0.2) is 59.7 Å². The Kier molecular flexibility index (Phi) is 5.39. The van der Waals surface area contributed by atoms with Gasteiger partial charge in [-0.2, -0.15) is 0 Å². The van der Waals surface area contributed by atoms with E-state index in [0.717, 1.165) is 24.3 Å². The largest absolute Gasteiger partial charge is 0.338 e. The summed E-state index contributed by atoms with van der Waals surface area (Å²) in [5.74, 6) is 1.12. The van der Waals surface area contributed by atoms with E-state index in [4.69, 9.17) is 9.98 Å². The monoisotopic (exact) mass is 430 g/mol. The number of hydrogen-bond acceptors (Lipinski definition) is 4. The fourth-order valence-corrected chi connectivity index (χ4v) is 6.39. The summed E-state index contributed by atoms with van der Waals surface area (Å²) in [6.07, 6.45) is 4.09. The third kappa shape index (κ3) is 3.39. The molecule has 31 heavy (non-hydrogen) atoms. The Balaban J connectivity index is 1.61. The number of aliphatic imine (C=N–C) groups is 1. The van der Waals surface area contributed by atoms with E-state index < -0.39 is 0 Å². The van der Waals surface area contributed by atoms with E-state index in [1.165, 1.54) is 33.4 Å². The van der Waals surface area contributed by atoms with E-state index in [1.807, 2.05) is 24.0 Å². The summed E-state index contributed by atoms with van der Waals surface area (Å²) in [4.78, 5) is 12.5.